The number of benzene rings is 1. The fourth-order valence-corrected chi connectivity index (χ4v) is 2.68. The van der Waals surface area contributed by atoms with Gasteiger partial charge in [0.05, 0.1) is 20.1 Å². The summed E-state index contributed by atoms with van der Waals surface area (Å²) >= 11 is 0. The Morgan fingerprint density at radius 3 is 3.05 bits per heavy atom. The van der Waals surface area contributed by atoms with Crippen molar-refractivity contribution in [3.05, 3.63) is 29.3 Å². The Labute approximate surface area is 120 Å². The molecule has 20 heavy (non-hydrogen) atoms. The molecule has 1 unspecified atom stereocenters. The molecular weight excluding hydrogens is 254 g/mol. The molecule has 0 amide bonds. The topological polar surface area (TPSA) is 47.6 Å². The zero-order chi connectivity index (χ0) is 14.4. The van der Waals surface area contributed by atoms with Crippen molar-refractivity contribution >= 4 is 5.97 Å². The van der Waals surface area contributed by atoms with Gasteiger partial charge in [0.25, 0.3) is 0 Å². The molecule has 2 rings (SSSR count). The first-order valence-electron chi connectivity index (χ1n) is 7.30. The predicted molar refractivity (Wildman–Crippen MR) is 77.9 cm³/mol. The van der Waals surface area contributed by atoms with Crippen molar-refractivity contribution in [2.45, 2.75) is 38.6 Å². The van der Waals surface area contributed by atoms with Gasteiger partial charge in [0, 0.05) is 6.04 Å². The van der Waals surface area contributed by atoms with E-state index in [-0.39, 0.29) is 12.4 Å². The van der Waals surface area contributed by atoms with Crippen molar-refractivity contribution in [1.29, 1.82) is 0 Å². The Hall–Kier alpha value is -1.55. The van der Waals surface area contributed by atoms with Crippen molar-refractivity contribution in [2.24, 2.45) is 0 Å². The summed E-state index contributed by atoms with van der Waals surface area (Å²) in [5.74, 6) is 0.589. The van der Waals surface area contributed by atoms with Gasteiger partial charge in [-0.05, 0) is 49.1 Å². The standard InChI is InChI=1S/C16H23NO3/c1-3-17-15-6-4-5-12-7-8-13(11-14(12)15)20-10-9-16(18)19-2/h7-8,11,15,17H,3-6,9-10H2,1-2H3. The minimum Gasteiger partial charge on any atom is -0.493 e. The second-order valence-electron chi connectivity index (χ2n) is 5.04. The molecule has 1 aliphatic carbocycles. The van der Waals surface area contributed by atoms with Crippen LogP contribution in [-0.2, 0) is 16.0 Å². The number of esters is 1. The smallest absolute Gasteiger partial charge is 0.308 e. The van der Waals surface area contributed by atoms with E-state index in [0.717, 1.165) is 18.7 Å². The Bertz CT molecular complexity index is 459. The monoisotopic (exact) mass is 277 g/mol. The summed E-state index contributed by atoms with van der Waals surface area (Å²) in [5, 5.41) is 3.52. The maximum absolute atomic E-state index is 11.1. The molecule has 1 aliphatic rings. The summed E-state index contributed by atoms with van der Waals surface area (Å²) < 4.78 is 10.2. The Balaban J connectivity index is 2.01. The highest BCUT2D eigenvalue weighted by Gasteiger charge is 2.19. The van der Waals surface area contributed by atoms with Gasteiger partial charge in [-0.1, -0.05) is 13.0 Å². The van der Waals surface area contributed by atoms with E-state index in [0.29, 0.717) is 12.6 Å². The maximum atomic E-state index is 11.1. The first-order valence-corrected chi connectivity index (χ1v) is 7.30. The quantitative estimate of drug-likeness (QED) is 0.812. The summed E-state index contributed by atoms with van der Waals surface area (Å²) in [6.07, 6.45) is 3.82. The molecule has 0 saturated carbocycles. The first-order chi connectivity index (χ1) is 9.74. The van der Waals surface area contributed by atoms with Crippen molar-refractivity contribution in [1.82, 2.24) is 5.32 Å². The van der Waals surface area contributed by atoms with Crippen LogP contribution >= 0.6 is 0 Å². The normalized spacial score (nSPS) is 17.4. The summed E-state index contributed by atoms with van der Waals surface area (Å²) in [5.41, 5.74) is 2.75. The minimum absolute atomic E-state index is 0.242. The van der Waals surface area contributed by atoms with Crippen LogP contribution in [0.5, 0.6) is 5.75 Å². The number of fused-ring (bicyclic) bond motifs is 1. The lowest BCUT2D eigenvalue weighted by molar-refractivity contribution is -0.141. The predicted octanol–water partition coefficient (Wildman–Crippen LogP) is 2.62. The molecule has 0 aliphatic heterocycles. The maximum Gasteiger partial charge on any atom is 0.308 e. The van der Waals surface area contributed by atoms with E-state index >= 15 is 0 Å². The third kappa shape index (κ3) is 3.73. The first kappa shape index (κ1) is 14.9. The summed E-state index contributed by atoms with van der Waals surface area (Å²) in [4.78, 5) is 11.1. The van der Waals surface area contributed by atoms with Crippen LogP contribution in [0.3, 0.4) is 0 Å². The van der Waals surface area contributed by atoms with E-state index in [2.05, 4.69) is 29.1 Å². The molecule has 0 bridgehead atoms. The van der Waals surface area contributed by atoms with Gasteiger partial charge < -0.3 is 14.8 Å². The highest BCUT2D eigenvalue weighted by Crippen LogP contribution is 2.32. The van der Waals surface area contributed by atoms with Crippen LogP contribution in [0, 0.1) is 0 Å². The molecule has 1 aromatic rings. The van der Waals surface area contributed by atoms with Crippen LogP contribution in [0.25, 0.3) is 0 Å². The van der Waals surface area contributed by atoms with Gasteiger partial charge in [0.15, 0.2) is 0 Å². The highest BCUT2D eigenvalue weighted by molar-refractivity contribution is 5.69. The Morgan fingerprint density at radius 1 is 1.45 bits per heavy atom. The molecule has 1 atom stereocenters. The van der Waals surface area contributed by atoms with Crippen molar-refractivity contribution in [3.8, 4) is 5.75 Å². The fraction of sp³-hybridized carbons (Fsp3) is 0.562. The van der Waals surface area contributed by atoms with Gasteiger partial charge in [-0.3, -0.25) is 4.79 Å². The third-order valence-electron chi connectivity index (χ3n) is 3.68. The SMILES string of the molecule is CCNC1CCCc2ccc(OCCC(=O)OC)cc21. The van der Waals surface area contributed by atoms with Crippen LogP contribution in [-0.4, -0.2) is 26.2 Å². The third-order valence-corrected chi connectivity index (χ3v) is 3.68. The molecule has 110 valence electrons. The lowest BCUT2D eigenvalue weighted by atomic mass is 9.87. The molecule has 1 N–H and O–H groups in total. The van der Waals surface area contributed by atoms with Gasteiger partial charge in [0.2, 0.25) is 0 Å². The highest BCUT2D eigenvalue weighted by atomic mass is 16.5. The summed E-state index contributed by atoms with van der Waals surface area (Å²) in [6, 6.07) is 6.67. The van der Waals surface area contributed by atoms with E-state index < -0.39 is 0 Å². The zero-order valence-electron chi connectivity index (χ0n) is 12.3. The van der Waals surface area contributed by atoms with Gasteiger partial charge >= 0.3 is 5.97 Å². The van der Waals surface area contributed by atoms with Crippen LogP contribution in [0.1, 0.15) is 43.4 Å². The van der Waals surface area contributed by atoms with Crippen molar-refractivity contribution in [3.63, 3.8) is 0 Å². The summed E-state index contributed by atoms with van der Waals surface area (Å²) in [7, 11) is 1.39. The fourth-order valence-electron chi connectivity index (χ4n) is 2.68. The molecular formula is C16H23NO3. The Morgan fingerprint density at radius 2 is 2.30 bits per heavy atom. The van der Waals surface area contributed by atoms with Gasteiger partial charge in [-0.15, -0.1) is 0 Å². The van der Waals surface area contributed by atoms with Crippen LogP contribution in [0.15, 0.2) is 18.2 Å². The van der Waals surface area contributed by atoms with Crippen LogP contribution in [0.4, 0.5) is 0 Å². The number of nitrogens with one attached hydrogen (secondary N) is 1. The van der Waals surface area contributed by atoms with E-state index in [1.54, 1.807) is 0 Å². The van der Waals surface area contributed by atoms with Crippen LogP contribution < -0.4 is 10.1 Å². The van der Waals surface area contributed by atoms with Gasteiger partial charge in [0.1, 0.15) is 5.75 Å². The zero-order valence-corrected chi connectivity index (χ0v) is 12.3. The second-order valence-corrected chi connectivity index (χ2v) is 5.04. The molecule has 0 fully saturated rings. The summed E-state index contributed by atoms with van der Waals surface area (Å²) in [6.45, 7) is 3.46. The lowest BCUT2D eigenvalue weighted by Gasteiger charge is -2.26. The van der Waals surface area contributed by atoms with Gasteiger partial charge in [-0.2, -0.15) is 0 Å². The molecule has 0 spiro atoms. The number of aryl methyl sites for hydroxylation is 1. The van der Waals surface area contributed by atoms with Crippen molar-refractivity contribution in [2.75, 3.05) is 20.3 Å². The molecule has 0 aromatic heterocycles. The molecule has 4 heteroatoms. The van der Waals surface area contributed by atoms with E-state index in [1.807, 2.05) is 6.07 Å². The number of rotatable bonds is 6. The number of carbonyl (C=O) groups is 1. The number of hydrogen-bond acceptors (Lipinski definition) is 4. The average molecular weight is 277 g/mol. The van der Waals surface area contributed by atoms with E-state index in [4.69, 9.17) is 4.74 Å². The number of hydrogen-bond donors (Lipinski definition) is 1. The second kappa shape index (κ2) is 7.29. The van der Waals surface area contributed by atoms with Crippen molar-refractivity contribution < 1.29 is 14.3 Å². The van der Waals surface area contributed by atoms with Crippen LogP contribution in [0.2, 0.25) is 0 Å². The molecule has 1 aromatic carbocycles. The van der Waals surface area contributed by atoms with E-state index in [1.165, 1.54) is 31.1 Å². The Kier molecular flexibility index (Phi) is 5.41. The lowest BCUT2D eigenvalue weighted by Crippen LogP contribution is -2.24. The van der Waals surface area contributed by atoms with E-state index in [9.17, 15) is 4.79 Å². The largest absolute Gasteiger partial charge is 0.493 e. The molecule has 4 nitrogen and oxygen atoms in total. The number of carbonyl (C=O) groups excluding carboxylic acids is 1. The molecule has 0 heterocycles. The number of methoxy groups -OCH3 is 1. The van der Waals surface area contributed by atoms with Gasteiger partial charge in [-0.25, -0.2) is 0 Å². The molecule has 0 saturated heterocycles. The minimum atomic E-state index is -0.242. The molecule has 0 radical (unpaired) electrons. The average Bonchev–Trinajstić information content (AvgIpc) is 2.48. The number of ether oxygens (including phenoxy) is 2.